The van der Waals surface area contributed by atoms with Crippen LogP contribution in [0.1, 0.15) is 35.1 Å². The molecule has 1 aliphatic rings. The van der Waals surface area contributed by atoms with Crippen LogP contribution >= 0.6 is 11.8 Å². The molecule has 2 aromatic heterocycles. The van der Waals surface area contributed by atoms with E-state index in [0.29, 0.717) is 16.8 Å². The minimum Gasteiger partial charge on any atom is -0.283 e. The first kappa shape index (κ1) is 16.3. The molecule has 5 heteroatoms. The van der Waals surface area contributed by atoms with E-state index in [4.69, 9.17) is 0 Å². The number of benzene rings is 1. The molecule has 25 heavy (non-hydrogen) atoms. The largest absolute Gasteiger partial charge is 0.283 e. The van der Waals surface area contributed by atoms with E-state index in [1.807, 2.05) is 23.6 Å². The van der Waals surface area contributed by atoms with E-state index >= 15 is 0 Å². The molecule has 0 amide bonds. The van der Waals surface area contributed by atoms with Crippen LogP contribution < -0.4 is 0 Å². The normalized spacial score (nSPS) is 16.8. The van der Waals surface area contributed by atoms with Crippen molar-refractivity contribution >= 4 is 28.6 Å². The first-order valence-electron chi connectivity index (χ1n) is 8.70. The van der Waals surface area contributed by atoms with Crippen LogP contribution in [0.15, 0.2) is 41.7 Å². The predicted molar refractivity (Wildman–Crippen MR) is 101 cm³/mol. The Morgan fingerprint density at radius 3 is 3.00 bits per heavy atom. The highest BCUT2D eigenvalue weighted by atomic mass is 32.2. The van der Waals surface area contributed by atoms with Crippen LogP contribution in [-0.4, -0.2) is 26.2 Å². The van der Waals surface area contributed by atoms with Gasteiger partial charge in [-0.25, -0.2) is 9.97 Å². The van der Waals surface area contributed by atoms with Crippen molar-refractivity contribution in [3.05, 3.63) is 53.5 Å². The highest BCUT2D eigenvalue weighted by Gasteiger charge is 2.25. The summed E-state index contributed by atoms with van der Waals surface area (Å²) in [7, 11) is 0. The van der Waals surface area contributed by atoms with Gasteiger partial charge in [0, 0.05) is 23.0 Å². The smallest absolute Gasteiger partial charge is 0.241 e. The van der Waals surface area contributed by atoms with E-state index in [2.05, 4.69) is 35.1 Å². The van der Waals surface area contributed by atoms with Gasteiger partial charge in [-0.05, 0) is 49.8 Å². The Kier molecular flexibility index (Phi) is 4.34. The lowest BCUT2D eigenvalue weighted by molar-refractivity contribution is 0.0943. The monoisotopic (exact) mass is 351 g/mol. The highest BCUT2D eigenvalue weighted by molar-refractivity contribution is 7.99. The van der Waals surface area contributed by atoms with Crippen molar-refractivity contribution in [1.82, 2.24) is 14.5 Å². The average molecular weight is 351 g/mol. The minimum absolute atomic E-state index is 0.113. The van der Waals surface area contributed by atoms with Crippen LogP contribution in [0.5, 0.6) is 0 Å². The van der Waals surface area contributed by atoms with Gasteiger partial charge in [-0.2, -0.15) is 0 Å². The number of carbonyl (C=O) groups excluding carboxylic acids is 1. The first-order chi connectivity index (χ1) is 12.1. The van der Waals surface area contributed by atoms with Crippen LogP contribution in [0, 0.1) is 12.8 Å². The molecule has 0 radical (unpaired) electrons. The van der Waals surface area contributed by atoms with Gasteiger partial charge >= 0.3 is 0 Å². The number of aromatic nitrogens is 3. The predicted octanol–water partition coefficient (Wildman–Crippen LogP) is 4.30. The van der Waals surface area contributed by atoms with Crippen molar-refractivity contribution in [2.45, 2.75) is 38.3 Å². The fraction of sp³-hybridized carbons (Fsp3) is 0.350. The van der Waals surface area contributed by atoms with Crippen molar-refractivity contribution < 1.29 is 4.79 Å². The van der Waals surface area contributed by atoms with Crippen LogP contribution in [0.3, 0.4) is 0 Å². The summed E-state index contributed by atoms with van der Waals surface area (Å²) in [5, 5.41) is 1.89. The fourth-order valence-corrected chi connectivity index (χ4v) is 4.38. The summed E-state index contributed by atoms with van der Waals surface area (Å²) in [6.45, 7) is 4.23. The molecule has 128 valence electrons. The van der Waals surface area contributed by atoms with Gasteiger partial charge in [-0.1, -0.05) is 36.9 Å². The topological polar surface area (TPSA) is 47.8 Å². The van der Waals surface area contributed by atoms with E-state index in [1.165, 1.54) is 28.4 Å². The zero-order chi connectivity index (χ0) is 17.4. The Morgan fingerprint density at radius 1 is 1.32 bits per heavy atom. The molecular formula is C20H21N3OS. The van der Waals surface area contributed by atoms with Gasteiger partial charge < -0.3 is 0 Å². The SMILES string of the molecule is Cc1ccnc(SCC(=O)n2c3c(c4ccccc42)C[C@@H](C)CC3)n1. The third-order valence-corrected chi connectivity index (χ3v) is 5.71. The lowest BCUT2D eigenvalue weighted by Gasteiger charge is -2.20. The zero-order valence-corrected chi connectivity index (χ0v) is 15.3. The number of fused-ring (bicyclic) bond motifs is 3. The van der Waals surface area contributed by atoms with E-state index in [0.717, 1.165) is 30.5 Å². The van der Waals surface area contributed by atoms with Crippen LogP contribution in [0.4, 0.5) is 0 Å². The molecule has 0 aliphatic heterocycles. The van der Waals surface area contributed by atoms with Crippen molar-refractivity contribution in [1.29, 1.82) is 0 Å². The second kappa shape index (κ2) is 6.64. The number of thioether (sulfide) groups is 1. The summed E-state index contributed by atoms with van der Waals surface area (Å²) in [5.41, 5.74) is 4.52. The van der Waals surface area contributed by atoms with Crippen molar-refractivity contribution in [3.63, 3.8) is 0 Å². The molecule has 0 unspecified atom stereocenters. The molecule has 1 aromatic carbocycles. The number of nitrogens with zero attached hydrogens (tertiary/aromatic N) is 3. The Labute approximate surface area is 151 Å². The standard InChI is InChI=1S/C20H21N3OS/c1-13-7-8-18-16(11-13)15-5-3-4-6-17(15)23(18)19(24)12-25-20-21-10-9-14(2)22-20/h3-6,9-10,13H,7-8,11-12H2,1-2H3/t13-/m0/s1. The first-order valence-corrected chi connectivity index (χ1v) is 9.69. The number of rotatable bonds is 3. The van der Waals surface area contributed by atoms with E-state index in [1.54, 1.807) is 6.20 Å². The number of hydrogen-bond donors (Lipinski definition) is 0. The number of para-hydroxylation sites is 1. The highest BCUT2D eigenvalue weighted by Crippen LogP contribution is 2.34. The average Bonchev–Trinajstić information content (AvgIpc) is 2.94. The van der Waals surface area contributed by atoms with Gasteiger partial charge in [-0.15, -0.1) is 0 Å². The van der Waals surface area contributed by atoms with E-state index < -0.39 is 0 Å². The quantitative estimate of drug-likeness (QED) is 0.521. The van der Waals surface area contributed by atoms with Gasteiger partial charge in [0.25, 0.3) is 0 Å². The molecule has 0 saturated carbocycles. The lowest BCUT2D eigenvalue weighted by Crippen LogP contribution is -2.20. The Balaban J connectivity index is 1.67. The molecule has 1 aliphatic carbocycles. The third-order valence-electron chi connectivity index (χ3n) is 4.86. The van der Waals surface area contributed by atoms with Gasteiger partial charge in [0.1, 0.15) is 0 Å². The van der Waals surface area contributed by atoms with Gasteiger partial charge in [0.2, 0.25) is 5.91 Å². The maximum absolute atomic E-state index is 13.0. The summed E-state index contributed by atoms with van der Waals surface area (Å²) in [4.78, 5) is 21.6. The van der Waals surface area contributed by atoms with Crippen molar-refractivity contribution in [3.8, 4) is 0 Å². The van der Waals surface area contributed by atoms with Gasteiger partial charge in [-0.3, -0.25) is 9.36 Å². The summed E-state index contributed by atoms with van der Waals surface area (Å²) >= 11 is 1.41. The van der Waals surface area contributed by atoms with E-state index in [-0.39, 0.29) is 5.91 Å². The number of hydrogen-bond acceptors (Lipinski definition) is 4. The molecule has 2 heterocycles. The van der Waals surface area contributed by atoms with Crippen molar-refractivity contribution in [2.75, 3.05) is 5.75 Å². The summed E-state index contributed by atoms with van der Waals surface area (Å²) in [5.74, 6) is 1.14. The zero-order valence-electron chi connectivity index (χ0n) is 14.5. The van der Waals surface area contributed by atoms with Gasteiger partial charge in [0.05, 0.1) is 11.3 Å². The molecule has 0 spiro atoms. The Morgan fingerprint density at radius 2 is 2.16 bits per heavy atom. The second-order valence-electron chi connectivity index (χ2n) is 6.79. The molecule has 0 fully saturated rings. The second-order valence-corrected chi connectivity index (χ2v) is 7.73. The van der Waals surface area contributed by atoms with E-state index in [9.17, 15) is 4.79 Å². The molecule has 4 rings (SSSR count). The minimum atomic E-state index is 0.113. The van der Waals surface area contributed by atoms with Gasteiger partial charge in [0.15, 0.2) is 5.16 Å². The van der Waals surface area contributed by atoms with Crippen LogP contribution in [0.25, 0.3) is 10.9 Å². The van der Waals surface area contributed by atoms with Crippen LogP contribution in [-0.2, 0) is 12.8 Å². The molecule has 1 atom stereocenters. The summed E-state index contributed by atoms with van der Waals surface area (Å²) < 4.78 is 1.94. The Bertz CT molecular complexity index is 947. The van der Waals surface area contributed by atoms with Crippen LogP contribution in [0.2, 0.25) is 0 Å². The van der Waals surface area contributed by atoms with Crippen molar-refractivity contribution in [2.24, 2.45) is 5.92 Å². The Hall–Kier alpha value is -2.14. The number of aryl methyl sites for hydroxylation is 1. The maximum Gasteiger partial charge on any atom is 0.241 e. The molecule has 0 bridgehead atoms. The maximum atomic E-state index is 13.0. The molecular weight excluding hydrogens is 330 g/mol. The lowest BCUT2D eigenvalue weighted by atomic mass is 9.88. The fourth-order valence-electron chi connectivity index (χ4n) is 3.65. The molecule has 4 nitrogen and oxygen atoms in total. The number of carbonyl (C=O) groups is 1. The summed E-state index contributed by atoms with van der Waals surface area (Å²) in [6.07, 6.45) is 4.92. The molecule has 0 N–H and O–H groups in total. The molecule has 3 aromatic rings. The summed E-state index contributed by atoms with van der Waals surface area (Å²) in [6, 6.07) is 10.1. The third kappa shape index (κ3) is 3.09. The molecule has 0 saturated heterocycles.